The van der Waals surface area contributed by atoms with Gasteiger partial charge in [-0.25, -0.2) is 18.7 Å². The van der Waals surface area contributed by atoms with Crippen LogP contribution in [0.2, 0.25) is 0 Å². The Morgan fingerprint density at radius 1 is 1.18 bits per heavy atom. The van der Waals surface area contributed by atoms with Crippen molar-refractivity contribution in [2.75, 3.05) is 18.0 Å². The van der Waals surface area contributed by atoms with Crippen molar-refractivity contribution in [3.63, 3.8) is 0 Å². The van der Waals surface area contributed by atoms with Gasteiger partial charge in [0.25, 0.3) is 5.91 Å². The first-order valence-corrected chi connectivity index (χ1v) is 10.4. The highest BCUT2D eigenvalue weighted by Gasteiger charge is 2.26. The van der Waals surface area contributed by atoms with Gasteiger partial charge in [-0.3, -0.25) is 4.79 Å². The van der Waals surface area contributed by atoms with Gasteiger partial charge in [0.1, 0.15) is 29.5 Å². The van der Waals surface area contributed by atoms with E-state index in [-0.39, 0.29) is 17.5 Å². The van der Waals surface area contributed by atoms with Gasteiger partial charge < -0.3 is 15.4 Å². The molecular formula is C24H21F2N5O2. The van der Waals surface area contributed by atoms with Gasteiger partial charge in [0, 0.05) is 55.0 Å². The predicted molar refractivity (Wildman–Crippen MR) is 118 cm³/mol. The molecular weight excluding hydrogens is 428 g/mol. The number of ether oxygens (including phenoxy) is 1. The summed E-state index contributed by atoms with van der Waals surface area (Å²) in [5, 5.41) is 9.37. The Morgan fingerprint density at radius 2 is 1.94 bits per heavy atom. The van der Waals surface area contributed by atoms with Crippen molar-refractivity contribution >= 4 is 11.7 Å². The van der Waals surface area contributed by atoms with E-state index >= 15 is 0 Å². The molecule has 7 nitrogen and oxygen atoms in total. The van der Waals surface area contributed by atoms with Crippen molar-refractivity contribution in [1.82, 2.24) is 9.97 Å². The molecule has 0 spiro atoms. The summed E-state index contributed by atoms with van der Waals surface area (Å²) in [5.41, 5.74) is 7.74. The lowest BCUT2D eigenvalue weighted by atomic mass is 10.00. The Balaban J connectivity index is 1.60. The normalized spacial score (nSPS) is 14.1. The number of aryl methyl sites for hydroxylation is 1. The van der Waals surface area contributed by atoms with Crippen molar-refractivity contribution in [3.8, 4) is 22.9 Å². The highest BCUT2D eigenvalue weighted by Crippen LogP contribution is 2.34. The summed E-state index contributed by atoms with van der Waals surface area (Å²) in [6.45, 7) is 2.85. The lowest BCUT2D eigenvalue weighted by molar-refractivity contribution is 0.0996. The Hall–Kier alpha value is -4.06. The van der Waals surface area contributed by atoms with Crippen molar-refractivity contribution in [1.29, 1.82) is 5.26 Å². The summed E-state index contributed by atoms with van der Waals surface area (Å²) < 4.78 is 32.8. The lowest BCUT2D eigenvalue weighted by Crippen LogP contribution is -2.39. The number of halogens is 2. The average Bonchev–Trinajstić information content (AvgIpc) is 2.81. The number of hydrogen-bond donors (Lipinski definition) is 1. The summed E-state index contributed by atoms with van der Waals surface area (Å²) in [6.07, 6.45) is 2.38. The quantitative estimate of drug-likeness (QED) is 0.636. The third-order valence-corrected chi connectivity index (χ3v) is 5.48. The van der Waals surface area contributed by atoms with Crippen molar-refractivity contribution in [2.24, 2.45) is 5.73 Å². The van der Waals surface area contributed by atoms with Crippen LogP contribution in [0.15, 0.2) is 42.6 Å². The van der Waals surface area contributed by atoms with E-state index in [0.29, 0.717) is 54.1 Å². The summed E-state index contributed by atoms with van der Waals surface area (Å²) >= 11 is 0. The van der Waals surface area contributed by atoms with Gasteiger partial charge >= 0.3 is 0 Å². The Labute approximate surface area is 189 Å². The maximum Gasteiger partial charge on any atom is 0.267 e. The molecule has 1 aromatic carbocycles. The fourth-order valence-electron chi connectivity index (χ4n) is 3.87. The van der Waals surface area contributed by atoms with Crippen molar-refractivity contribution in [2.45, 2.75) is 25.9 Å². The fourth-order valence-corrected chi connectivity index (χ4v) is 3.87. The molecule has 1 aliphatic heterocycles. The summed E-state index contributed by atoms with van der Waals surface area (Å²) in [5.74, 6) is -1.46. The lowest BCUT2D eigenvalue weighted by Gasteiger charge is -2.34. The standard InChI is InChI=1S/C24H21F2N5O2/c1-14-2-4-18(22(30-14)23(28)32)19-10-15(12-27)13-29-24(19)31-8-6-17(7-9-31)33-21-5-3-16(25)11-20(21)26/h2-5,10-11,13,17H,6-9H2,1H3,(H2,28,32). The number of anilines is 1. The van der Waals surface area contributed by atoms with Crippen LogP contribution in [0.4, 0.5) is 14.6 Å². The van der Waals surface area contributed by atoms with Gasteiger partial charge in [0.2, 0.25) is 0 Å². The number of piperidine rings is 1. The third kappa shape index (κ3) is 4.75. The molecule has 1 fully saturated rings. The number of pyridine rings is 2. The second-order valence-corrected chi connectivity index (χ2v) is 7.80. The van der Waals surface area contributed by atoms with Crippen LogP contribution in [-0.2, 0) is 0 Å². The summed E-state index contributed by atoms with van der Waals surface area (Å²) in [6, 6.07) is 10.5. The number of nitriles is 1. The van der Waals surface area contributed by atoms with E-state index in [9.17, 15) is 18.8 Å². The van der Waals surface area contributed by atoms with E-state index in [4.69, 9.17) is 10.5 Å². The SMILES string of the molecule is Cc1ccc(-c2cc(C#N)cnc2N2CCC(Oc3ccc(F)cc3F)CC2)c(C(N)=O)n1. The van der Waals surface area contributed by atoms with Gasteiger partial charge in [-0.2, -0.15) is 5.26 Å². The molecule has 0 radical (unpaired) electrons. The molecule has 2 N–H and O–H groups in total. The van der Waals surface area contributed by atoms with E-state index in [1.54, 1.807) is 25.1 Å². The largest absolute Gasteiger partial charge is 0.487 e. The van der Waals surface area contributed by atoms with Crippen molar-refractivity contribution in [3.05, 3.63) is 71.2 Å². The van der Waals surface area contributed by atoms with E-state index in [1.807, 2.05) is 4.90 Å². The number of carbonyl (C=O) groups is 1. The molecule has 0 unspecified atom stereocenters. The Kier molecular flexibility index (Phi) is 6.18. The molecule has 2 aromatic heterocycles. The van der Waals surface area contributed by atoms with E-state index in [1.165, 1.54) is 12.3 Å². The first-order valence-electron chi connectivity index (χ1n) is 10.4. The molecule has 0 bridgehead atoms. The number of carbonyl (C=O) groups excluding carboxylic acids is 1. The number of benzene rings is 1. The molecule has 0 atom stereocenters. The van der Waals surface area contributed by atoms with Crippen LogP contribution in [0.3, 0.4) is 0 Å². The first kappa shape index (κ1) is 22.1. The minimum absolute atomic E-state index is 0.0175. The van der Waals surface area contributed by atoms with Crippen LogP contribution in [0, 0.1) is 29.9 Å². The number of rotatable bonds is 5. The molecule has 168 valence electrons. The number of nitrogens with two attached hydrogens (primary N) is 1. The summed E-state index contributed by atoms with van der Waals surface area (Å²) in [4.78, 5) is 22.8. The topological polar surface area (TPSA) is 105 Å². The number of amides is 1. The van der Waals surface area contributed by atoms with E-state index in [0.717, 1.165) is 12.1 Å². The molecule has 0 aliphatic carbocycles. The van der Waals surface area contributed by atoms with Gasteiger partial charge in [0.05, 0.1) is 5.56 Å². The molecule has 0 saturated carbocycles. The zero-order valence-electron chi connectivity index (χ0n) is 17.9. The van der Waals surface area contributed by atoms with Crippen LogP contribution in [0.25, 0.3) is 11.1 Å². The number of hydrogen-bond acceptors (Lipinski definition) is 6. The molecule has 9 heteroatoms. The molecule has 1 saturated heterocycles. The van der Waals surface area contributed by atoms with E-state index < -0.39 is 17.5 Å². The van der Waals surface area contributed by atoms with Crippen LogP contribution in [0.1, 0.15) is 34.6 Å². The number of aromatic nitrogens is 2. The maximum absolute atomic E-state index is 13.9. The summed E-state index contributed by atoms with van der Waals surface area (Å²) in [7, 11) is 0. The van der Waals surface area contributed by atoms with E-state index in [2.05, 4.69) is 16.0 Å². The molecule has 3 heterocycles. The Morgan fingerprint density at radius 3 is 2.61 bits per heavy atom. The van der Waals surface area contributed by atoms with Gasteiger partial charge in [0.15, 0.2) is 11.6 Å². The molecule has 1 aliphatic rings. The molecule has 3 aromatic rings. The first-order chi connectivity index (χ1) is 15.9. The monoisotopic (exact) mass is 449 g/mol. The van der Waals surface area contributed by atoms with Gasteiger partial charge in [-0.1, -0.05) is 6.07 Å². The Bertz CT molecular complexity index is 1250. The van der Waals surface area contributed by atoms with Crippen LogP contribution in [0.5, 0.6) is 5.75 Å². The van der Waals surface area contributed by atoms with Gasteiger partial charge in [-0.15, -0.1) is 0 Å². The zero-order chi connectivity index (χ0) is 23.5. The number of primary amides is 1. The third-order valence-electron chi connectivity index (χ3n) is 5.48. The number of nitrogens with zero attached hydrogens (tertiary/aromatic N) is 4. The maximum atomic E-state index is 13.9. The van der Waals surface area contributed by atoms with Crippen LogP contribution in [-0.4, -0.2) is 35.1 Å². The highest BCUT2D eigenvalue weighted by atomic mass is 19.1. The van der Waals surface area contributed by atoms with Crippen molar-refractivity contribution < 1.29 is 18.3 Å². The van der Waals surface area contributed by atoms with Gasteiger partial charge in [-0.05, 0) is 31.2 Å². The molecule has 33 heavy (non-hydrogen) atoms. The van der Waals surface area contributed by atoms with Crippen LogP contribution >= 0.6 is 0 Å². The molecule has 1 amide bonds. The highest BCUT2D eigenvalue weighted by molar-refractivity contribution is 5.99. The second-order valence-electron chi connectivity index (χ2n) is 7.80. The smallest absolute Gasteiger partial charge is 0.267 e. The van der Waals surface area contributed by atoms with Crippen LogP contribution < -0.4 is 15.4 Å². The minimum Gasteiger partial charge on any atom is -0.487 e. The zero-order valence-corrected chi connectivity index (χ0v) is 17.9. The minimum atomic E-state index is -0.737. The fraction of sp³-hybridized carbons (Fsp3) is 0.250. The second kappa shape index (κ2) is 9.20. The molecule has 4 rings (SSSR count). The predicted octanol–water partition coefficient (Wildman–Crippen LogP) is 3.75. The average molecular weight is 449 g/mol.